The third-order valence-corrected chi connectivity index (χ3v) is 2.71. The average Bonchev–Trinajstić information content (AvgIpc) is 2.48. The number of guanidine groups is 1. The van der Waals surface area contributed by atoms with E-state index in [4.69, 9.17) is 21.0 Å². The first-order valence-electron chi connectivity index (χ1n) is 6.22. The summed E-state index contributed by atoms with van der Waals surface area (Å²) >= 11 is 0. The van der Waals surface area contributed by atoms with E-state index >= 15 is 0 Å². The molecule has 5 N–H and O–H groups in total. The van der Waals surface area contributed by atoms with Gasteiger partial charge in [0, 0.05) is 5.69 Å². The van der Waals surface area contributed by atoms with Crippen molar-refractivity contribution in [2.45, 2.75) is 0 Å². The SMILES string of the molecule is N=C(N)Nc1ccc(C(=O)Oc2ccc(C(=O)O)cc2)cc1. The summed E-state index contributed by atoms with van der Waals surface area (Å²) in [5.41, 5.74) is 6.20. The van der Waals surface area contributed by atoms with Gasteiger partial charge in [-0.3, -0.25) is 5.41 Å². The Kier molecular flexibility index (Phi) is 4.38. The highest BCUT2D eigenvalue weighted by Crippen LogP contribution is 2.15. The Labute approximate surface area is 125 Å². The molecule has 7 nitrogen and oxygen atoms in total. The predicted molar refractivity (Wildman–Crippen MR) is 80.3 cm³/mol. The Morgan fingerprint density at radius 1 is 1.00 bits per heavy atom. The van der Waals surface area contributed by atoms with E-state index in [0.29, 0.717) is 11.3 Å². The van der Waals surface area contributed by atoms with Gasteiger partial charge >= 0.3 is 11.9 Å². The summed E-state index contributed by atoms with van der Waals surface area (Å²) in [6.07, 6.45) is 0. The molecule has 2 rings (SSSR count). The lowest BCUT2D eigenvalue weighted by Gasteiger charge is -2.06. The second-order valence-electron chi connectivity index (χ2n) is 4.34. The van der Waals surface area contributed by atoms with E-state index in [9.17, 15) is 9.59 Å². The van der Waals surface area contributed by atoms with Crippen LogP contribution in [0.5, 0.6) is 5.75 Å². The van der Waals surface area contributed by atoms with Gasteiger partial charge in [-0.25, -0.2) is 9.59 Å². The molecular weight excluding hydrogens is 286 g/mol. The van der Waals surface area contributed by atoms with Crippen LogP contribution in [0.2, 0.25) is 0 Å². The summed E-state index contributed by atoms with van der Waals surface area (Å²) in [6, 6.07) is 11.8. The predicted octanol–water partition coefficient (Wildman–Crippen LogP) is 1.91. The minimum atomic E-state index is -1.05. The lowest BCUT2D eigenvalue weighted by Crippen LogP contribution is -2.20. The zero-order chi connectivity index (χ0) is 16.1. The van der Waals surface area contributed by atoms with Gasteiger partial charge in [-0.1, -0.05) is 0 Å². The fourth-order valence-electron chi connectivity index (χ4n) is 1.68. The van der Waals surface area contributed by atoms with Crippen LogP contribution in [0, 0.1) is 5.41 Å². The molecule has 112 valence electrons. The Morgan fingerprint density at radius 2 is 1.55 bits per heavy atom. The Hall–Kier alpha value is -3.35. The van der Waals surface area contributed by atoms with Crippen LogP contribution in [0.25, 0.3) is 0 Å². The van der Waals surface area contributed by atoms with Gasteiger partial charge in [0.1, 0.15) is 5.75 Å². The van der Waals surface area contributed by atoms with Gasteiger partial charge in [-0.15, -0.1) is 0 Å². The molecule has 0 heterocycles. The molecule has 2 aromatic carbocycles. The molecule has 0 aliphatic carbocycles. The van der Waals surface area contributed by atoms with Crippen molar-refractivity contribution in [3.8, 4) is 5.75 Å². The number of carbonyl (C=O) groups is 2. The lowest BCUT2D eigenvalue weighted by molar-refractivity contribution is 0.0696. The van der Waals surface area contributed by atoms with Gasteiger partial charge < -0.3 is 20.9 Å². The summed E-state index contributed by atoms with van der Waals surface area (Å²) in [6.45, 7) is 0. The molecule has 7 heteroatoms. The van der Waals surface area contributed by atoms with Gasteiger partial charge in [0.05, 0.1) is 11.1 Å². The van der Waals surface area contributed by atoms with Gasteiger partial charge in [0.25, 0.3) is 0 Å². The van der Waals surface area contributed by atoms with E-state index in [1.54, 1.807) is 12.1 Å². The summed E-state index contributed by atoms with van der Waals surface area (Å²) < 4.78 is 5.14. The summed E-state index contributed by atoms with van der Waals surface area (Å²) in [4.78, 5) is 22.7. The molecule has 0 bridgehead atoms. The number of ether oxygens (including phenoxy) is 1. The summed E-state index contributed by atoms with van der Waals surface area (Å²) in [5.74, 6) is -1.57. The van der Waals surface area contributed by atoms with Crippen LogP contribution in [0.4, 0.5) is 5.69 Å². The molecule has 0 aromatic heterocycles. The first-order valence-corrected chi connectivity index (χ1v) is 6.22. The number of nitrogens with two attached hydrogens (primary N) is 1. The molecule has 0 atom stereocenters. The number of carboxylic acids is 1. The number of benzene rings is 2. The summed E-state index contributed by atoms with van der Waals surface area (Å²) in [5, 5.41) is 18.5. The first kappa shape index (κ1) is 15.0. The standard InChI is InChI=1S/C15H13N3O4/c16-15(17)18-11-5-1-10(2-6-11)14(21)22-12-7-3-9(4-8-12)13(19)20/h1-8H,(H,19,20)(H4,16,17,18). The van der Waals surface area contributed by atoms with Crippen molar-refractivity contribution in [1.29, 1.82) is 5.41 Å². The third kappa shape index (κ3) is 3.83. The monoisotopic (exact) mass is 299 g/mol. The maximum atomic E-state index is 11.9. The Morgan fingerprint density at radius 3 is 2.05 bits per heavy atom. The van der Waals surface area contributed by atoms with E-state index in [2.05, 4.69) is 5.32 Å². The fourth-order valence-corrected chi connectivity index (χ4v) is 1.68. The van der Waals surface area contributed by atoms with Crippen molar-refractivity contribution in [1.82, 2.24) is 0 Å². The second-order valence-corrected chi connectivity index (χ2v) is 4.34. The van der Waals surface area contributed by atoms with Crippen LogP contribution in [0.15, 0.2) is 48.5 Å². The largest absolute Gasteiger partial charge is 0.478 e. The number of hydrogen-bond donors (Lipinski definition) is 4. The lowest BCUT2D eigenvalue weighted by atomic mass is 10.2. The number of carboxylic acid groups (broad SMARTS) is 1. The van der Waals surface area contributed by atoms with Gasteiger partial charge in [-0.05, 0) is 48.5 Å². The number of hydrogen-bond acceptors (Lipinski definition) is 4. The minimum Gasteiger partial charge on any atom is -0.478 e. The second kappa shape index (κ2) is 6.40. The van der Waals surface area contributed by atoms with E-state index < -0.39 is 11.9 Å². The first-order chi connectivity index (χ1) is 10.5. The topological polar surface area (TPSA) is 126 Å². The molecule has 0 unspecified atom stereocenters. The van der Waals surface area contributed by atoms with E-state index in [-0.39, 0.29) is 17.3 Å². The van der Waals surface area contributed by atoms with Gasteiger partial charge in [0.2, 0.25) is 0 Å². The minimum absolute atomic E-state index is 0.111. The Balaban J connectivity index is 2.05. The molecule has 0 radical (unpaired) electrons. The van der Waals surface area contributed by atoms with Crippen LogP contribution in [0.1, 0.15) is 20.7 Å². The molecule has 2 aromatic rings. The number of carbonyl (C=O) groups excluding carboxylic acids is 1. The van der Waals surface area contributed by atoms with E-state index in [1.165, 1.54) is 36.4 Å². The van der Waals surface area contributed by atoms with E-state index in [0.717, 1.165) is 0 Å². The number of rotatable bonds is 4. The molecule has 0 spiro atoms. The number of esters is 1. The molecular formula is C15H13N3O4. The zero-order valence-electron chi connectivity index (χ0n) is 11.4. The maximum absolute atomic E-state index is 11.9. The van der Waals surface area contributed by atoms with Gasteiger partial charge in [0.15, 0.2) is 5.96 Å². The highest BCUT2D eigenvalue weighted by molar-refractivity contribution is 5.93. The van der Waals surface area contributed by atoms with Crippen molar-refractivity contribution < 1.29 is 19.4 Å². The number of anilines is 1. The highest BCUT2D eigenvalue weighted by atomic mass is 16.5. The van der Waals surface area contributed by atoms with Crippen molar-refractivity contribution in [2.24, 2.45) is 5.73 Å². The molecule has 0 amide bonds. The maximum Gasteiger partial charge on any atom is 0.343 e. The molecule has 0 aliphatic rings. The van der Waals surface area contributed by atoms with Crippen LogP contribution < -0.4 is 15.8 Å². The zero-order valence-corrected chi connectivity index (χ0v) is 11.4. The van der Waals surface area contributed by atoms with Crippen molar-refractivity contribution in [3.63, 3.8) is 0 Å². The van der Waals surface area contributed by atoms with Crippen molar-refractivity contribution in [3.05, 3.63) is 59.7 Å². The normalized spacial score (nSPS) is 9.82. The highest BCUT2D eigenvalue weighted by Gasteiger charge is 2.09. The third-order valence-electron chi connectivity index (χ3n) is 2.71. The summed E-state index contributed by atoms with van der Waals surface area (Å²) in [7, 11) is 0. The van der Waals surface area contributed by atoms with Gasteiger partial charge in [-0.2, -0.15) is 0 Å². The number of nitrogens with one attached hydrogen (secondary N) is 2. The van der Waals surface area contributed by atoms with Crippen molar-refractivity contribution in [2.75, 3.05) is 5.32 Å². The van der Waals surface area contributed by atoms with Crippen LogP contribution in [-0.2, 0) is 0 Å². The molecule has 22 heavy (non-hydrogen) atoms. The molecule has 0 fully saturated rings. The van der Waals surface area contributed by atoms with E-state index in [1.807, 2.05) is 0 Å². The quantitative estimate of drug-likeness (QED) is 0.296. The number of aromatic carboxylic acids is 1. The molecule has 0 aliphatic heterocycles. The van der Waals surface area contributed by atoms with Crippen molar-refractivity contribution >= 4 is 23.6 Å². The Bertz CT molecular complexity index is 709. The van der Waals surface area contributed by atoms with Crippen LogP contribution >= 0.6 is 0 Å². The van der Waals surface area contributed by atoms with Crippen LogP contribution in [0.3, 0.4) is 0 Å². The molecule has 0 saturated carbocycles. The average molecular weight is 299 g/mol. The fraction of sp³-hybridized carbons (Fsp3) is 0. The smallest absolute Gasteiger partial charge is 0.343 e. The molecule has 0 saturated heterocycles. The van der Waals surface area contributed by atoms with Crippen LogP contribution in [-0.4, -0.2) is 23.0 Å².